The molecule has 19 heavy (non-hydrogen) atoms. The first-order valence-electron chi connectivity index (χ1n) is 6.59. The second kappa shape index (κ2) is 4.82. The summed E-state index contributed by atoms with van der Waals surface area (Å²) < 4.78 is 0.959. The van der Waals surface area contributed by atoms with Gasteiger partial charge < -0.3 is 10.6 Å². The molecule has 104 valence electrons. The summed E-state index contributed by atoms with van der Waals surface area (Å²) in [5, 5.41) is 6.39. The summed E-state index contributed by atoms with van der Waals surface area (Å²) in [4.78, 5) is 12.0. The van der Waals surface area contributed by atoms with Gasteiger partial charge in [-0.1, -0.05) is 6.92 Å². The summed E-state index contributed by atoms with van der Waals surface area (Å²) >= 11 is 3.54. The van der Waals surface area contributed by atoms with Crippen LogP contribution in [0.5, 0.6) is 0 Å². The van der Waals surface area contributed by atoms with Gasteiger partial charge in [-0.2, -0.15) is 0 Å². The summed E-state index contributed by atoms with van der Waals surface area (Å²) in [5.41, 5.74) is 1.73. The van der Waals surface area contributed by atoms with Crippen LogP contribution in [0, 0.1) is 5.41 Å². The number of carbonyl (C=O) groups is 1. The second-order valence-corrected chi connectivity index (χ2v) is 7.44. The van der Waals surface area contributed by atoms with Crippen molar-refractivity contribution in [2.45, 2.75) is 46.1 Å². The highest BCUT2D eigenvalue weighted by molar-refractivity contribution is 9.10. The molecule has 1 fully saturated rings. The SMILES string of the molecule is CC(C)(C)Nc1ccc(NC(=O)C2(C)CC2)cc1Br. The first-order valence-corrected chi connectivity index (χ1v) is 7.38. The highest BCUT2D eigenvalue weighted by atomic mass is 79.9. The van der Waals surface area contributed by atoms with Crippen molar-refractivity contribution >= 4 is 33.2 Å². The molecule has 2 N–H and O–H groups in total. The summed E-state index contributed by atoms with van der Waals surface area (Å²) in [6.45, 7) is 8.35. The number of anilines is 2. The van der Waals surface area contributed by atoms with Crippen LogP contribution in [0.15, 0.2) is 22.7 Å². The molecule has 1 saturated carbocycles. The van der Waals surface area contributed by atoms with Gasteiger partial charge in [0.25, 0.3) is 0 Å². The van der Waals surface area contributed by atoms with Gasteiger partial charge in [0.2, 0.25) is 5.91 Å². The Morgan fingerprint density at radius 3 is 2.42 bits per heavy atom. The van der Waals surface area contributed by atoms with Gasteiger partial charge in [0.1, 0.15) is 0 Å². The second-order valence-electron chi connectivity index (χ2n) is 6.58. The number of nitrogens with one attached hydrogen (secondary N) is 2. The predicted octanol–water partition coefficient (Wildman–Crippen LogP) is 4.40. The molecule has 0 aromatic heterocycles. The molecule has 0 radical (unpaired) electrons. The Labute approximate surface area is 123 Å². The van der Waals surface area contributed by atoms with E-state index in [-0.39, 0.29) is 16.9 Å². The van der Waals surface area contributed by atoms with Crippen LogP contribution in [0.4, 0.5) is 11.4 Å². The van der Waals surface area contributed by atoms with Crippen molar-refractivity contribution in [2.24, 2.45) is 5.41 Å². The summed E-state index contributed by atoms with van der Waals surface area (Å²) in [5.74, 6) is 0.121. The van der Waals surface area contributed by atoms with Crippen LogP contribution < -0.4 is 10.6 Å². The molecular formula is C15H21BrN2O. The Morgan fingerprint density at radius 1 is 1.32 bits per heavy atom. The van der Waals surface area contributed by atoms with E-state index in [9.17, 15) is 4.79 Å². The molecule has 2 rings (SSSR count). The normalized spacial score (nSPS) is 16.9. The standard InChI is InChI=1S/C15H21BrN2O/c1-14(2,3)18-12-6-5-10(9-11(12)16)17-13(19)15(4)7-8-15/h5-6,9,18H,7-8H2,1-4H3,(H,17,19). The minimum Gasteiger partial charge on any atom is -0.380 e. The molecule has 4 heteroatoms. The smallest absolute Gasteiger partial charge is 0.230 e. The molecule has 1 aromatic rings. The predicted molar refractivity (Wildman–Crippen MR) is 83.5 cm³/mol. The maximum absolute atomic E-state index is 12.0. The summed E-state index contributed by atoms with van der Waals surface area (Å²) in [6.07, 6.45) is 1.98. The van der Waals surface area contributed by atoms with E-state index in [1.807, 2.05) is 25.1 Å². The zero-order valence-electron chi connectivity index (χ0n) is 11.9. The van der Waals surface area contributed by atoms with Crippen molar-refractivity contribution < 1.29 is 4.79 Å². The molecule has 0 saturated heterocycles. The maximum atomic E-state index is 12.0. The van der Waals surface area contributed by atoms with E-state index in [4.69, 9.17) is 0 Å². The van der Waals surface area contributed by atoms with Crippen molar-refractivity contribution in [1.82, 2.24) is 0 Å². The zero-order chi connectivity index (χ0) is 14.3. The first kappa shape index (κ1) is 14.4. The van der Waals surface area contributed by atoms with Gasteiger partial charge in [-0.05, 0) is 67.7 Å². The molecule has 0 atom stereocenters. The number of rotatable bonds is 3. The molecule has 0 bridgehead atoms. The van der Waals surface area contributed by atoms with Crippen molar-refractivity contribution in [3.05, 3.63) is 22.7 Å². The van der Waals surface area contributed by atoms with Gasteiger partial charge in [-0.25, -0.2) is 0 Å². The van der Waals surface area contributed by atoms with Crippen LogP contribution in [-0.4, -0.2) is 11.4 Å². The third-order valence-electron chi connectivity index (χ3n) is 3.28. The minimum absolute atomic E-state index is 0.00870. The van der Waals surface area contributed by atoms with E-state index < -0.39 is 0 Å². The molecule has 1 aromatic carbocycles. The molecule has 1 amide bonds. The molecule has 0 heterocycles. The Morgan fingerprint density at radius 2 is 1.95 bits per heavy atom. The quantitative estimate of drug-likeness (QED) is 0.865. The van der Waals surface area contributed by atoms with Crippen LogP contribution in [0.2, 0.25) is 0 Å². The monoisotopic (exact) mass is 324 g/mol. The Balaban J connectivity index is 2.08. The third kappa shape index (κ3) is 3.72. The Bertz CT molecular complexity index is 501. The number of halogens is 1. The highest BCUT2D eigenvalue weighted by Gasteiger charge is 2.44. The lowest BCUT2D eigenvalue weighted by Gasteiger charge is -2.23. The zero-order valence-corrected chi connectivity index (χ0v) is 13.5. The lowest BCUT2D eigenvalue weighted by atomic mass is 10.1. The molecule has 0 spiro atoms. The molecule has 1 aliphatic rings. The van der Waals surface area contributed by atoms with E-state index in [2.05, 4.69) is 47.3 Å². The van der Waals surface area contributed by atoms with Gasteiger partial charge >= 0.3 is 0 Å². The average Bonchev–Trinajstić information content (AvgIpc) is 3.00. The van der Waals surface area contributed by atoms with Gasteiger partial charge in [0, 0.05) is 26.8 Å². The molecular weight excluding hydrogens is 304 g/mol. The fourth-order valence-electron chi connectivity index (χ4n) is 1.79. The van der Waals surface area contributed by atoms with Crippen LogP contribution in [0.3, 0.4) is 0 Å². The first-order chi connectivity index (χ1) is 8.70. The van der Waals surface area contributed by atoms with E-state index in [0.717, 1.165) is 28.7 Å². The van der Waals surface area contributed by atoms with E-state index in [0.29, 0.717) is 0 Å². The Kier molecular flexibility index (Phi) is 3.65. The summed E-state index contributed by atoms with van der Waals surface area (Å²) in [7, 11) is 0. The lowest BCUT2D eigenvalue weighted by Crippen LogP contribution is -2.26. The molecule has 1 aliphatic carbocycles. The van der Waals surface area contributed by atoms with Crippen molar-refractivity contribution in [3.63, 3.8) is 0 Å². The number of hydrogen-bond donors (Lipinski definition) is 2. The van der Waals surface area contributed by atoms with Gasteiger partial charge in [0.05, 0.1) is 0 Å². The largest absolute Gasteiger partial charge is 0.380 e. The molecule has 0 aliphatic heterocycles. The summed E-state index contributed by atoms with van der Waals surface area (Å²) in [6, 6.07) is 5.86. The number of hydrogen-bond acceptors (Lipinski definition) is 2. The van der Waals surface area contributed by atoms with Gasteiger partial charge in [0.15, 0.2) is 0 Å². The molecule has 0 unspecified atom stereocenters. The van der Waals surface area contributed by atoms with E-state index in [1.165, 1.54) is 0 Å². The number of carbonyl (C=O) groups excluding carboxylic acids is 1. The van der Waals surface area contributed by atoms with Crippen LogP contribution in [-0.2, 0) is 4.79 Å². The van der Waals surface area contributed by atoms with Crippen molar-refractivity contribution in [1.29, 1.82) is 0 Å². The minimum atomic E-state index is -0.144. The van der Waals surface area contributed by atoms with Crippen molar-refractivity contribution in [2.75, 3.05) is 10.6 Å². The van der Waals surface area contributed by atoms with Crippen LogP contribution >= 0.6 is 15.9 Å². The van der Waals surface area contributed by atoms with Crippen LogP contribution in [0.25, 0.3) is 0 Å². The number of benzene rings is 1. The maximum Gasteiger partial charge on any atom is 0.230 e. The number of amides is 1. The fraction of sp³-hybridized carbons (Fsp3) is 0.533. The lowest BCUT2D eigenvalue weighted by molar-refractivity contribution is -0.120. The van der Waals surface area contributed by atoms with Gasteiger partial charge in [-0.15, -0.1) is 0 Å². The average molecular weight is 325 g/mol. The van der Waals surface area contributed by atoms with E-state index in [1.54, 1.807) is 0 Å². The molecule has 3 nitrogen and oxygen atoms in total. The van der Waals surface area contributed by atoms with E-state index >= 15 is 0 Å². The van der Waals surface area contributed by atoms with Crippen molar-refractivity contribution in [3.8, 4) is 0 Å². The topological polar surface area (TPSA) is 41.1 Å². The third-order valence-corrected chi connectivity index (χ3v) is 3.94. The van der Waals surface area contributed by atoms with Gasteiger partial charge in [-0.3, -0.25) is 4.79 Å². The highest BCUT2D eigenvalue weighted by Crippen LogP contribution is 2.45. The Hall–Kier alpha value is -1.03. The fourth-order valence-corrected chi connectivity index (χ4v) is 2.27. The van der Waals surface area contributed by atoms with Crippen LogP contribution in [0.1, 0.15) is 40.5 Å².